The van der Waals surface area contributed by atoms with Crippen molar-refractivity contribution in [1.82, 2.24) is 14.9 Å². The van der Waals surface area contributed by atoms with Crippen LogP contribution in [0.15, 0.2) is 60.8 Å². The zero-order valence-corrected chi connectivity index (χ0v) is 16.5. The van der Waals surface area contributed by atoms with Crippen LogP contribution in [0.2, 0.25) is 10.0 Å². The molecule has 1 aromatic heterocycles. The highest BCUT2D eigenvalue weighted by atomic mass is 35.5. The second-order valence-corrected chi connectivity index (χ2v) is 7.49. The zero-order chi connectivity index (χ0) is 19.7. The molecule has 0 saturated carbocycles. The predicted octanol–water partition coefficient (Wildman–Crippen LogP) is 4.82. The number of amidine groups is 1. The van der Waals surface area contributed by atoms with Crippen molar-refractivity contribution in [1.29, 1.82) is 5.41 Å². The molecule has 0 bridgehead atoms. The van der Waals surface area contributed by atoms with Crippen LogP contribution in [-0.2, 0) is 6.42 Å². The van der Waals surface area contributed by atoms with Crippen molar-refractivity contribution in [2.24, 2.45) is 5.73 Å². The van der Waals surface area contributed by atoms with Gasteiger partial charge < -0.3 is 15.6 Å². The standard InChI is InChI=1S/C21H19Cl2N5/c22-15-6-4-13(11-16(15)23)8-10-28-9-2-1-3-19(28)21-26-17-7-5-14(20(24)25)12-18(17)27-21/h1-7,9,11-12,19H,8,10H2,(H3,24,25)(H,26,27). The fourth-order valence-electron chi connectivity index (χ4n) is 3.28. The number of allylic oxidation sites excluding steroid dienone is 2. The number of halogens is 2. The lowest BCUT2D eigenvalue weighted by atomic mass is 10.1. The molecule has 7 heteroatoms. The molecule has 0 radical (unpaired) electrons. The lowest BCUT2D eigenvalue weighted by Gasteiger charge is -2.29. The highest BCUT2D eigenvalue weighted by Gasteiger charge is 2.20. The number of nitrogens with two attached hydrogens (primary N) is 1. The molecule has 142 valence electrons. The maximum absolute atomic E-state index is 7.60. The fraction of sp³-hybridized carbons (Fsp3) is 0.143. The van der Waals surface area contributed by atoms with Crippen molar-refractivity contribution in [3.63, 3.8) is 0 Å². The average molecular weight is 412 g/mol. The minimum absolute atomic E-state index is 0.000880. The third-order valence-electron chi connectivity index (χ3n) is 4.77. The Hall–Kier alpha value is -2.76. The lowest BCUT2D eigenvalue weighted by Crippen LogP contribution is -2.26. The molecule has 4 N–H and O–H groups in total. The van der Waals surface area contributed by atoms with Gasteiger partial charge in [-0.1, -0.05) is 41.4 Å². The number of benzene rings is 2. The third kappa shape index (κ3) is 3.77. The van der Waals surface area contributed by atoms with E-state index < -0.39 is 0 Å². The van der Waals surface area contributed by atoms with E-state index >= 15 is 0 Å². The Bertz CT molecular complexity index is 1100. The van der Waals surface area contributed by atoms with Gasteiger partial charge in [-0.15, -0.1) is 0 Å². The van der Waals surface area contributed by atoms with Gasteiger partial charge in [0.1, 0.15) is 17.7 Å². The maximum Gasteiger partial charge on any atom is 0.134 e. The molecule has 2 heterocycles. The van der Waals surface area contributed by atoms with Gasteiger partial charge in [0.05, 0.1) is 21.1 Å². The number of hydrogen-bond acceptors (Lipinski definition) is 3. The first-order valence-corrected chi connectivity index (χ1v) is 9.65. The monoisotopic (exact) mass is 411 g/mol. The first-order chi connectivity index (χ1) is 13.5. The Morgan fingerprint density at radius 1 is 1.14 bits per heavy atom. The van der Waals surface area contributed by atoms with E-state index in [4.69, 9.17) is 39.3 Å². The highest BCUT2D eigenvalue weighted by molar-refractivity contribution is 6.42. The fourth-order valence-corrected chi connectivity index (χ4v) is 3.60. The molecule has 1 aliphatic rings. The smallest absolute Gasteiger partial charge is 0.134 e. The minimum atomic E-state index is 0.000880. The van der Waals surface area contributed by atoms with E-state index in [1.165, 1.54) is 0 Å². The summed E-state index contributed by atoms with van der Waals surface area (Å²) >= 11 is 12.1. The average Bonchev–Trinajstić information content (AvgIpc) is 3.12. The van der Waals surface area contributed by atoms with E-state index in [1.54, 1.807) is 0 Å². The number of rotatable bonds is 5. The van der Waals surface area contributed by atoms with Crippen LogP contribution in [0.25, 0.3) is 11.0 Å². The molecule has 1 atom stereocenters. The highest BCUT2D eigenvalue weighted by Crippen LogP contribution is 2.27. The summed E-state index contributed by atoms with van der Waals surface area (Å²) < 4.78 is 0. The number of hydrogen-bond donors (Lipinski definition) is 3. The normalized spacial score (nSPS) is 16.1. The second-order valence-electron chi connectivity index (χ2n) is 6.68. The molecule has 4 rings (SSSR count). The van der Waals surface area contributed by atoms with Crippen molar-refractivity contribution in [2.75, 3.05) is 6.54 Å². The lowest BCUT2D eigenvalue weighted by molar-refractivity contribution is 0.315. The van der Waals surface area contributed by atoms with E-state index in [2.05, 4.69) is 22.2 Å². The van der Waals surface area contributed by atoms with Gasteiger partial charge in [0.2, 0.25) is 0 Å². The Kier molecular flexibility index (Phi) is 5.11. The number of H-pyrrole nitrogens is 1. The summed E-state index contributed by atoms with van der Waals surface area (Å²) in [6.07, 6.45) is 9.05. The number of aromatic nitrogens is 2. The number of nitrogen functional groups attached to an aromatic ring is 1. The van der Waals surface area contributed by atoms with E-state index in [9.17, 15) is 0 Å². The van der Waals surface area contributed by atoms with Crippen LogP contribution in [0.4, 0.5) is 0 Å². The molecule has 0 fully saturated rings. The van der Waals surface area contributed by atoms with Gasteiger partial charge in [0.15, 0.2) is 0 Å². The molecule has 0 aliphatic carbocycles. The van der Waals surface area contributed by atoms with Gasteiger partial charge in [0.25, 0.3) is 0 Å². The van der Waals surface area contributed by atoms with Crippen molar-refractivity contribution in [3.8, 4) is 0 Å². The number of fused-ring (bicyclic) bond motifs is 1. The molecule has 5 nitrogen and oxygen atoms in total. The number of nitrogens with zero attached hydrogens (tertiary/aromatic N) is 2. The largest absolute Gasteiger partial charge is 0.384 e. The molecule has 1 aliphatic heterocycles. The first kappa shape index (κ1) is 18.6. The zero-order valence-electron chi connectivity index (χ0n) is 15.0. The van der Waals surface area contributed by atoms with E-state index in [0.717, 1.165) is 35.4 Å². The molecule has 1 unspecified atom stereocenters. The van der Waals surface area contributed by atoms with Gasteiger partial charge in [-0.25, -0.2) is 4.98 Å². The van der Waals surface area contributed by atoms with Crippen LogP contribution in [0.5, 0.6) is 0 Å². The molecule has 2 aromatic carbocycles. The van der Waals surface area contributed by atoms with Crippen molar-refractivity contribution in [3.05, 3.63) is 87.8 Å². The van der Waals surface area contributed by atoms with Crippen LogP contribution in [-0.4, -0.2) is 27.2 Å². The molecular formula is C21H19Cl2N5. The molecular weight excluding hydrogens is 393 g/mol. The Balaban J connectivity index is 1.56. The van der Waals surface area contributed by atoms with Gasteiger partial charge in [-0.05, 0) is 48.4 Å². The van der Waals surface area contributed by atoms with Gasteiger partial charge >= 0.3 is 0 Å². The summed E-state index contributed by atoms with van der Waals surface area (Å²) in [5.74, 6) is 0.889. The summed E-state index contributed by atoms with van der Waals surface area (Å²) in [5.41, 5.74) is 9.11. The maximum atomic E-state index is 7.60. The minimum Gasteiger partial charge on any atom is -0.384 e. The molecule has 3 aromatic rings. The third-order valence-corrected chi connectivity index (χ3v) is 5.51. The van der Waals surface area contributed by atoms with Gasteiger partial charge in [0, 0.05) is 18.3 Å². The number of nitrogens with one attached hydrogen (secondary N) is 2. The predicted molar refractivity (Wildman–Crippen MR) is 115 cm³/mol. The van der Waals surface area contributed by atoms with Crippen molar-refractivity contribution < 1.29 is 0 Å². The summed E-state index contributed by atoms with van der Waals surface area (Å²) in [6.45, 7) is 0.805. The molecule has 0 spiro atoms. The Labute approximate surface area is 173 Å². The molecule has 28 heavy (non-hydrogen) atoms. The van der Waals surface area contributed by atoms with Crippen LogP contribution < -0.4 is 5.73 Å². The summed E-state index contributed by atoms with van der Waals surface area (Å²) in [5, 5.41) is 8.74. The second kappa shape index (κ2) is 7.70. The van der Waals surface area contributed by atoms with Crippen LogP contribution in [0, 0.1) is 5.41 Å². The first-order valence-electron chi connectivity index (χ1n) is 8.90. The summed E-state index contributed by atoms with van der Waals surface area (Å²) in [6, 6.07) is 11.3. The van der Waals surface area contributed by atoms with E-state index in [1.807, 2.05) is 48.6 Å². The topological polar surface area (TPSA) is 81.8 Å². The summed E-state index contributed by atoms with van der Waals surface area (Å²) in [4.78, 5) is 10.4. The Morgan fingerprint density at radius 3 is 2.79 bits per heavy atom. The van der Waals surface area contributed by atoms with Crippen molar-refractivity contribution in [2.45, 2.75) is 12.5 Å². The number of aromatic amines is 1. The van der Waals surface area contributed by atoms with Crippen molar-refractivity contribution >= 4 is 40.1 Å². The van der Waals surface area contributed by atoms with Crippen LogP contribution in [0.1, 0.15) is 23.0 Å². The Morgan fingerprint density at radius 2 is 2.00 bits per heavy atom. The SMILES string of the molecule is N=C(N)c1ccc2[nH]c(C3C=CC=CN3CCc3ccc(Cl)c(Cl)c3)nc2c1. The number of imidazole rings is 1. The molecule has 0 saturated heterocycles. The van der Waals surface area contributed by atoms with Gasteiger partial charge in [-0.3, -0.25) is 5.41 Å². The van der Waals surface area contributed by atoms with E-state index in [0.29, 0.717) is 15.6 Å². The van der Waals surface area contributed by atoms with Crippen LogP contribution in [0.3, 0.4) is 0 Å². The summed E-state index contributed by atoms with van der Waals surface area (Å²) in [7, 11) is 0. The van der Waals surface area contributed by atoms with Crippen LogP contribution >= 0.6 is 23.2 Å². The quantitative estimate of drug-likeness (QED) is 0.415. The van der Waals surface area contributed by atoms with Gasteiger partial charge in [-0.2, -0.15) is 0 Å². The van der Waals surface area contributed by atoms with E-state index in [-0.39, 0.29) is 11.9 Å². The molecule has 0 amide bonds.